The Labute approximate surface area is 145 Å². The summed E-state index contributed by atoms with van der Waals surface area (Å²) in [5.74, 6) is -1.03. The predicted octanol–water partition coefficient (Wildman–Crippen LogP) is -2.17. The Kier molecular flexibility index (Phi) is 12.0. The molecule has 0 spiro atoms. The minimum atomic E-state index is -1.03. The van der Waals surface area contributed by atoms with Crippen molar-refractivity contribution in [2.24, 2.45) is 0 Å². The van der Waals surface area contributed by atoms with Crippen molar-refractivity contribution in [3.63, 3.8) is 0 Å². The van der Waals surface area contributed by atoms with Crippen molar-refractivity contribution in [2.75, 3.05) is 6.54 Å². The zero-order valence-corrected chi connectivity index (χ0v) is 14.3. The fourth-order valence-electron chi connectivity index (χ4n) is 1.08. The fraction of sp³-hybridized carbons (Fsp3) is 0.818. The molecule has 0 radical (unpaired) electrons. The summed E-state index contributed by atoms with van der Waals surface area (Å²) < 4.78 is 5.03. The molecule has 0 aliphatic carbocycles. The van der Waals surface area contributed by atoms with Crippen molar-refractivity contribution >= 4 is 12.1 Å². The van der Waals surface area contributed by atoms with Crippen LogP contribution in [0.25, 0.3) is 0 Å². The van der Waals surface area contributed by atoms with Crippen molar-refractivity contribution in [3.8, 4) is 0 Å². The van der Waals surface area contributed by atoms with Gasteiger partial charge in [-0.1, -0.05) is 6.42 Å². The third kappa shape index (κ3) is 16.4. The average molecular weight is 269 g/mol. The second-order valence-corrected chi connectivity index (χ2v) is 4.61. The van der Waals surface area contributed by atoms with Gasteiger partial charge in [-0.15, -0.1) is 0 Å². The Morgan fingerprint density at radius 3 is 2.24 bits per heavy atom. The maximum absolute atomic E-state index is 11.2. The minimum absolute atomic E-state index is 0. The number of ether oxygens (including phenoxy) is 1. The topological polar surface area (TPSA) is 78.5 Å². The second kappa shape index (κ2) is 10.3. The molecule has 0 aromatic carbocycles. The van der Waals surface area contributed by atoms with Crippen molar-refractivity contribution < 1.29 is 70.8 Å². The normalized spacial score (nSPS) is 10.3. The molecule has 0 fully saturated rings. The predicted molar refractivity (Wildman–Crippen MR) is 57.7 cm³/mol. The Balaban J connectivity index is 0. The number of amides is 1. The summed E-state index contributed by atoms with van der Waals surface area (Å²) in [6.45, 7) is 5.90. The largest absolute Gasteiger partial charge is 1.00 e. The number of rotatable bonds is 6. The molecule has 0 saturated carbocycles. The van der Waals surface area contributed by atoms with Crippen LogP contribution in [0.15, 0.2) is 0 Å². The molecule has 0 saturated heterocycles. The van der Waals surface area contributed by atoms with Crippen LogP contribution in [0, 0.1) is 0 Å². The van der Waals surface area contributed by atoms with E-state index >= 15 is 0 Å². The van der Waals surface area contributed by atoms with Gasteiger partial charge in [0, 0.05) is 12.5 Å². The number of carbonyl (C=O) groups excluding carboxylic acids is 2. The summed E-state index contributed by atoms with van der Waals surface area (Å²) >= 11 is 0. The van der Waals surface area contributed by atoms with Crippen molar-refractivity contribution in [3.05, 3.63) is 0 Å². The number of nitrogens with one attached hydrogen (secondary N) is 1. The zero-order chi connectivity index (χ0) is 12.6. The number of carbonyl (C=O) groups is 2. The molecule has 0 aromatic heterocycles. The number of carboxylic acids is 1. The van der Waals surface area contributed by atoms with Gasteiger partial charge in [0.1, 0.15) is 5.60 Å². The number of aliphatic carboxylic acids is 1. The van der Waals surface area contributed by atoms with E-state index in [4.69, 9.17) is 4.74 Å². The number of unbranched alkanes of at least 4 members (excludes halogenated alkanes) is 2. The van der Waals surface area contributed by atoms with Gasteiger partial charge in [-0.25, -0.2) is 4.79 Å². The molecule has 94 valence electrons. The molecule has 0 aliphatic heterocycles. The van der Waals surface area contributed by atoms with Crippen LogP contribution in [0.5, 0.6) is 0 Å². The van der Waals surface area contributed by atoms with Crippen LogP contribution in [0.3, 0.4) is 0 Å². The Hall–Kier alpha value is 0.376. The zero-order valence-electron chi connectivity index (χ0n) is 11.2. The van der Waals surface area contributed by atoms with E-state index in [9.17, 15) is 14.7 Å². The van der Waals surface area contributed by atoms with Crippen LogP contribution >= 0.6 is 0 Å². The van der Waals surface area contributed by atoms with Crippen LogP contribution < -0.4 is 61.8 Å². The summed E-state index contributed by atoms with van der Waals surface area (Å²) in [5.41, 5.74) is -0.487. The van der Waals surface area contributed by atoms with Crippen LogP contribution in [0.1, 0.15) is 46.5 Å². The van der Waals surface area contributed by atoms with Gasteiger partial charge in [0.15, 0.2) is 0 Å². The van der Waals surface area contributed by atoms with Crippen molar-refractivity contribution in [1.82, 2.24) is 5.32 Å². The number of carboxylic acid groups (broad SMARTS) is 1. The number of alkyl carbamates (subject to hydrolysis) is 1. The maximum atomic E-state index is 11.2. The molecule has 1 amide bonds. The molecule has 1 N–H and O–H groups in total. The van der Waals surface area contributed by atoms with Gasteiger partial charge in [-0.2, -0.15) is 0 Å². The van der Waals surface area contributed by atoms with Gasteiger partial charge in [-0.3, -0.25) is 0 Å². The summed E-state index contributed by atoms with van der Waals surface area (Å²) in [5, 5.41) is 12.7. The molecule has 0 unspecified atom stereocenters. The number of hydrogen-bond donors (Lipinski definition) is 1. The van der Waals surface area contributed by atoms with E-state index in [1.54, 1.807) is 20.8 Å². The summed E-state index contributed by atoms with van der Waals surface area (Å²) in [4.78, 5) is 21.3. The Bertz CT molecular complexity index is 238. The van der Waals surface area contributed by atoms with Gasteiger partial charge in [0.2, 0.25) is 0 Å². The summed E-state index contributed by atoms with van der Waals surface area (Å²) in [6.07, 6.45) is 1.72. The van der Waals surface area contributed by atoms with Crippen LogP contribution in [0.2, 0.25) is 0 Å². The van der Waals surface area contributed by atoms with E-state index in [1.165, 1.54) is 0 Å². The molecule has 0 atom stereocenters. The first kappa shape index (κ1) is 19.7. The second-order valence-electron chi connectivity index (χ2n) is 4.61. The maximum Gasteiger partial charge on any atom is 1.00 e. The Morgan fingerprint density at radius 1 is 1.18 bits per heavy atom. The van der Waals surface area contributed by atoms with Gasteiger partial charge in [0.25, 0.3) is 0 Å². The number of hydrogen-bond acceptors (Lipinski definition) is 4. The summed E-state index contributed by atoms with van der Waals surface area (Å²) in [7, 11) is 0. The molecule has 17 heavy (non-hydrogen) atoms. The van der Waals surface area contributed by atoms with E-state index in [-0.39, 0.29) is 57.8 Å². The first-order chi connectivity index (χ1) is 7.31. The molecular formula is C11H20KNO4. The first-order valence-electron chi connectivity index (χ1n) is 5.48. The van der Waals surface area contributed by atoms with E-state index < -0.39 is 17.7 Å². The van der Waals surface area contributed by atoms with Crippen molar-refractivity contribution in [2.45, 2.75) is 52.1 Å². The van der Waals surface area contributed by atoms with Gasteiger partial charge in [-0.05, 0) is 40.0 Å². The van der Waals surface area contributed by atoms with Gasteiger partial charge < -0.3 is 20.0 Å². The molecular weight excluding hydrogens is 249 g/mol. The van der Waals surface area contributed by atoms with Gasteiger partial charge in [0.05, 0.1) is 0 Å². The smallest absolute Gasteiger partial charge is 0.550 e. The fourth-order valence-corrected chi connectivity index (χ4v) is 1.08. The summed E-state index contributed by atoms with van der Waals surface area (Å²) in [6, 6.07) is 0. The van der Waals surface area contributed by atoms with E-state index in [2.05, 4.69) is 5.32 Å². The van der Waals surface area contributed by atoms with Crippen LogP contribution in [0.4, 0.5) is 4.79 Å². The SMILES string of the molecule is CC(C)(C)OC(=O)NCCCCCC(=O)[O-].[K+]. The van der Waals surface area contributed by atoms with Crippen molar-refractivity contribution in [1.29, 1.82) is 0 Å². The third-order valence-electron chi connectivity index (χ3n) is 1.73. The molecule has 0 heterocycles. The molecule has 5 nitrogen and oxygen atoms in total. The molecule has 0 aromatic rings. The first-order valence-corrected chi connectivity index (χ1v) is 5.48. The molecule has 0 rings (SSSR count). The molecule has 0 aliphatic rings. The Morgan fingerprint density at radius 2 is 1.76 bits per heavy atom. The third-order valence-corrected chi connectivity index (χ3v) is 1.73. The van der Waals surface area contributed by atoms with E-state index in [1.807, 2.05) is 0 Å². The quantitative estimate of drug-likeness (QED) is 0.439. The monoisotopic (exact) mass is 269 g/mol. The van der Waals surface area contributed by atoms with Crippen LogP contribution in [-0.4, -0.2) is 24.2 Å². The molecule has 6 heteroatoms. The average Bonchev–Trinajstić information content (AvgIpc) is 2.07. The van der Waals surface area contributed by atoms with E-state index in [0.717, 1.165) is 12.8 Å². The standard InChI is InChI=1S/C11H21NO4.K/c1-11(2,3)16-10(15)12-8-6-4-5-7-9(13)14;/h4-8H2,1-3H3,(H,12,15)(H,13,14);/q;+1/p-1. The molecule has 0 bridgehead atoms. The van der Waals surface area contributed by atoms with E-state index in [0.29, 0.717) is 13.0 Å². The minimum Gasteiger partial charge on any atom is -0.550 e. The van der Waals surface area contributed by atoms with Gasteiger partial charge >= 0.3 is 57.5 Å². The van der Waals surface area contributed by atoms with Crippen LogP contribution in [-0.2, 0) is 9.53 Å².